The van der Waals surface area contributed by atoms with Gasteiger partial charge in [-0.15, -0.1) is 0 Å². The zero-order chi connectivity index (χ0) is 10.1. The third-order valence-corrected chi connectivity index (χ3v) is 2.41. The lowest BCUT2D eigenvalue weighted by Gasteiger charge is -1.99. The molecule has 0 saturated heterocycles. The van der Waals surface area contributed by atoms with Crippen molar-refractivity contribution in [2.24, 2.45) is 0 Å². The Kier molecular flexibility index (Phi) is 2.17. The van der Waals surface area contributed by atoms with Gasteiger partial charge in [-0.25, -0.2) is 0 Å². The number of nitrogens with zero attached hydrogens (tertiary/aromatic N) is 1. The molecule has 0 atom stereocenters. The van der Waals surface area contributed by atoms with E-state index in [1.807, 2.05) is 25.1 Å². The van der Waals surface area contributed by atoms with Gasteiger partial charge in [-0.2, -0.15) is 0 Å². The molecule has 2 aromatic rings. The summed E-state index contributed by atoms with van der Waals surface area (Å²) in [5.74, 6) is 0.313. The van der Waals surface area contributed by atoms with Gasteiger partial charge in [0.1, 0.15) is 5.69 Å². The molecule has 1 aromatic carbocycles. The van der Waals surface area contributed by atoms with Crippen LogP contribution in [0.4, 0.5) is 5.88 Å². The van der Waals surface area contributed by atoms with E-state index in [0.29, 0.717) is 5.88 Å². The molecule has 0 aliphatic rings. The minimum atomic E-state index is 0.313. The average Bonchev–Trinajstić information content (AvgIpc) is 2.57. The number of benzene rings is 1. The summed E-state index contributed by atoms with van der Waals surface area (Å²) < 4.78 is 4.78. The highest BCUT2D eigenvalue weighted by atomic mass is 35.5. The number of aryl methyl sites for hydroxylation is 1. The molecule has 0 aliphatic heterocycles. The van der Waals surface area contributed by atoms with Crippen molar-refractivity contribution < 1.29 is 4.52 Å². The Morgan fingerprint density at radius 1 is 1.36 bits per heavy atom. The summed E-state index contributed by atoms with van der Waals surface area (Å²) in [5, 5.41) is 4.55. The average molecular weight is 209 g/mol. The number of aromatic nitrogens is 1. The van der Waals surface area contributed by atoms with Crippen LogP contribution in [0.1, 0.15) is 5.56 Å². The van der Waals surface area contributed by atoms with Crippen LogP contribution in [0.5, 0.6) is 0 Å². The Bertz CT molecular complexity index is 465. The molecular formula is C10H9ClN2O. The zero-order valence-electron chi connectivity index (χ0n) is 7.62. The molecule has 0 bridgehead atoms. The van der Waals surface area contributed by atoms with Crippen LogP contribution in [-0.4, -0.2) is 5.16 Å². The molecule has 0 unspecified atom stereocenters. The first-order valence-corrected chi connectivity index (χ1v) is 4.53. The number of hydrogen-bond donors (Lipinski definition) is 1. The first-order chi connectivity index (χ1) is 6.66. The lowest BCUT2D eigenvalue weighted by atomic mass is 10.1. The Balaban J connectivity index is 2.47. The number of rotatable bonds is 1. The minimum Gasteiger partial charge on any atom is -0.368 e. The van der Waals surface area contributed by atoms with E-state index in [1.165, 1.54) is 0 Å². The molecule has 1 aromatic heterocycles. The van der Waals surface area contributed by atoms with E-state index in [4.69, 9.17) is 21.9 Å². The number of nitrogens with two attached hydrogens (primary N) is 1. The summed E-state index contributed by atoms with van der Waals surface area (Å²) in [7, 11) is 0. The van der Waals surface area contributed by atoms with Gasteiger partial charge in [0.05, 0.1) is 0 Å². The third-order valence-electron chi connectivity index (χ3n) is 1.98. The van der Waals surface area contributed by atoms with Crippen LogP contribution in [0.3, 0.4) is 0 Å². The number of nitrogen functional groups attached to an aromatic ring is 1. The Morgan fingerprint density at radius 3 is 2.71 bits per heavy atom. The van der Waals surface area contributed by atoms with Crippen molar-refractivity contribution in [1.29, 1.82) is 0 Å². The highest BCUT2D eigenvalue weighted by Gasteiger charge is 2.05. The van der Waals surface area contributed by atoms with E-state index in [1.54, 1.807) is 6.07 Å². The molecule has 0 saturated carbocycles. The normalized spacial score (nSPS) is 10.4. The zero-order valence-corrected chi connectivity index (χ0v) is 8.38. The summed E-state index contributed by atoms with van der Waals surface area (Å²) in [5.41, 5.74) is 8.11. The Labute approximate surface area is 86.5 Å². The summed E-state index contributed by atoms with van der Waals surface area (Å²) in [6.45, 7) is 1.94. The number of hydrogen-bond acceptors (Lipinski definition) is 3. The van der Waals surface area contributed by atoms with Gasteiger partial charge >= 0.3 is 0 Å². The van der Waals surface area contributed by atoms with Crippen LogP contribution in [0, 0.1) is 6.92 Å². The molecule has 0 fully saturated rings. The topological polar surface area (TPSA) is 52.0 Å². The van der Waals surface area contributed by atoms with E-state index >= 15 is 0 Å². The molecule has 2 rings (SSSR count). The predicted octanol–water partition coefficient (Wildman–Crippen LogP) is 2.89. The van der Waals surface area contributed by atoms with Crippen molar-refractivity contribution in [1.82, 2.24) is 5.16 Å². The van der Waals surface area contributed by atoms with E-state index < -0.39 is 0 Å². The monoisotopic (exact) mass is 208 g/mol. The van der Waals surface area contributed by atoms with Crippen molar-refractivity contribution in [2.75, 3.05) is 5.73 Å². The lowest BCUT2D eigenvalue weighted by molar-refractivity contribution is 0.439. The smallest absolute Gasteiger partial charge is 0.222 e. The summed E-state index contributed by atoms with van der Waals surface area (Å²) >= 11 is 5.90. The summed E-state index contributed by atoms with van der Waals surface area (Å²) in [6, 6.07) is 7.34. The van der Waals surface area contributed by atoms with Gasteiger partial charge in [-0.3, -0.25) is 0 Å². The van der Waals surface area contributed by atoms with E-state index in [2.05, 4.69) is 5.16 Å². The fraction of sp³-hybridized carbons (Fsp3) is 0.100. The van der Waals surface area contributed by atoms with Crippen LogP contribution >= 0.6 is 11.6 Å². The minimum absolute atomic E-state index is 0.313. The van der Waals surface area contributed by atoms with Crippen molar-refractivity contribution in [3.63, 3.8) is 0 Å². The van der Waals surface area contributed by atoms with E-state index in [-0.39, 0.29) is 0 Å². The molecule has 1 heterocycles. The predicted molar refractivity (Wildman–Crippen MR) is 56.1 cm³/mol. The summed E-state index contributed by atoms with van der Waals surface area (Å²) in [4.78, 5) is 0. The molecule has 2 N–H and O–H groups in total. The lowest BCUT2D eigenvalue weighted by Crippen LogP contribution is -1.80. The quantitative estimate of drug-likeness (QED) is 0.784. The molecule has 3 nitrogen and oxygen atoms in total. The standard InChI is InChI=1S/C10H9ClN2O/c1-6-4-7(2-3-8(6)11)9-5-10(12)14-13-9/h2-5H,12H2,1H3. The highest BCUT2D eigenvalue weighted by Crippen LogP contribution is 2.24. The first-order valence-electron chi connectivity index (χ1n) is 4.15. The van der Waals surface area contributed by atoms with Gasteiger partial charge in [0.2, 0.25) is 5.88 Å². The molecule has 14 heavy (non-hydrogen) atoms. The van der Waals surface area contributed by atoms with Crippen molar-refractivity contribution in [3.05, 3.63) is 34.9 Å². The van der Waals surface area contributed by atoms with Crippen LogP contribution in [0.15, 0.2) is 28.8 Å². The van der Waals surface area contributed by atoms with Gasteiger partial charge < -0.3 is 10.3 Å². The third kappa shape index (κ3) is 1.59. The Hall–Kier alpha value is -1.48. The molecular weight excluding hydrogens is 200 g/mol. The van der Waals surface area contributed by atoms with E-state index in [9.17, 15) is 0 Å². The van der Waals surface area contributed by atoms with Crippen molar-refractivity contribution in [2.45, 2.75) is 6.92 Å². The maximum atomic E-state index is 5.90. The maximum absolute atomic E-state index is 5.90. The fourth-order valence-electron chi connectivity index (χ4n) is 1.23. The number of halogens is 1. The Morgan fingerprint density at radius 2 is 2.14 bits per heavy atom. The van der Waals surface area contributed by atoms with Crippen molar-refractivity contribution in [3.8, 4) is 11.3 Å². The van der Waals surface area contributed by atoms with E-state index in [0.717, 1.165) is 21.8 Å². The van der Waals surface area contributed by atoms with Crippen LogP contribution in [-0.2, 0) is 0 Å². The molecule has 0 spiro atoms. The second-order valence-corrected chi connectivity index (χ2v) is 3.49. The highest BCUT2D eigenvalue weighted by molar-refractivity contribution is 6.31. The second-order valence-electron chi connectivity index (χ2n) is 3.08. The van der Waals surface area contributed by atoms with Gasteiger partial charge in [-0.1, -0.05) is 22.8 Å². The largest absolute Gasteiger partial charge is 0.368 e. The maximum Gasteiger partial charge on any atom is 0.222 e. The molecule has 72 valence electrons. The molecule has 0 aliphatic carbocycles. The van der Waals surface area contributed by atoms with Crippen molar-refractivity contribution >= 4 is 17.5 Å². The molecule has 4 heteroatoms. The van der Waals surface area contributed by atoms with Crippen LogP contribution in [0.2, 0.25) is 5.02 Å². The van der Waals surface area contributed by atoms with Gasteiger partial charge in [0.25, 0.3) is 0 Å². The van der Waals surface area contributed by atoms with Gasteiger partial charge in [0.15, 0.2) is 0 Å². The number of anilines is 1. The first kappa shape index (κ1) is 9.09. The van der Waals surface area contributed by atoms with Gasteiger partial charge in [0, 0.05) is 16.7 Å². The second kappa shape index (κ2) is 3.35. The molecule has 0 radical (unpaired) electrons. The van der Waals surface area contributed by atoms with Crippen LogP contribution < -0.4 is 5.73 Å². The van der Waals surface area contributed by atoms with Crippen LogP contribution in [0.25, 0.3) is 11.3 Å². The summed E-state index contributed by atoms with van der Waals surface area (Å²) in [6.07, 6.45) is 0. The fourth-order valence-corrected chi connectivity index (χ4v) is 1.35. The molecule has 0 amide bonds. The SMILES string of the molecule is Cc1cc(-c2cc(N)on2)ccc1Cl. The van der Waals surface area contributed by atoms with Gasteiger partial charge in [-0.05, 0) is 24.6 Å².